The zero-order chi connectivity index (χ0) is 25.3. The van der Waals surface area contributed by atoms with Crippen molar-refractivity contribution in [3.05, 3.63) is 59.4 Å². The summed E-state index contributed by atoms with van der Waals surface area (Å²) in [6.07, 6.45) is 1.51. The van der Waals surface area contributed by atoms with Gasteiger partial charge in [0.05, 0.1) is 30.7 Å². The molecule has 1 aliphatic heterocycles. The molecule has 2 heterocycles. The van der Waals surface area contributed by atoms with Gasteiger partial charge in [0.25, 0.3) is 5.91 Å². The molecule has 0 radical (unpaired) electrons. The molecule has 3 aromatic rings. The number of rotatable bonds is 9. The SMILES string of the molecule is CCOc1ccc(C2=NN(C(=O)c3cccc(N=NC(C#N)c4nn[nH]n4)c3)CCC2)cc1OCC. The fraction of sp³-hybridized carbons (Fsp3) is 0.333. The number of azo groups is 1. The van der Waals surface area contributed by atoms with Gasteiger partial charge >= 0.3 is 0 Å². The first-order valence-electron chi connectivity index (χ1n) is 11.6. The van der Waals surface area contributed by atoms with E-state index in [1.165, 1.54) is 5.01 Å². The van der Waals surface area contributed by atoms with Gasteiger partial charge in [-0.25, -0.2) is 5.01 Å². The molecule has 4 rings (SSSR count). The lowest BCUT2D eigenvalue weighted by Crippen LogP contribution is -2.32. The number of tetrazole rings is 1. The van der Waals surface area contributed by atoms with Crippen molar-refractivity contribution in [2.45, 2.75) is 32.7 Å². The van der Waals surface area contributed by atoms with Crippen LogP contribution in [0.25, 0.3) is 0 Å². The Morgan fingerprint density at radius 2 is 2.03 bits per heavy atom. The third kappa shape index (κ3) is 5.69. The third-order valence-corrected chi connectivity index (χ3v) is 5.25. The maximum absolute atomic E-state index is 13.2. The molecule has 0 aliphatic carbocycles. The van der Waals surface area contributed by atoms with Gasteiger partial charge in [-0.1, -0.05) is 11.3 Å². The fourth-order valence-corrected chi connectivity index (χ4v) is 3.62. The summed E-state index contributed by atoms with van der Waals surface area (Å²) in [5, 5.41) is 36.6. The van der Waals surface area contributed by atoms with Gasteiger partial charge in [-0.3, -0.25) is 4.79 Å². The van der Waals surface area contributed by atoms with Gasteiger partial charge in [-0.05, 0) is 63.1 Å². The van der Waals surface area contributed by atoms with E-state index in [9.17, 15) is 10.1 Å². The van der Waals surface area contributed by atoms with Crippen LogP contribution in [0, 0.1) is 11.3 Å². The minimum atomic E-state index is -1.01. The quantitative estimate of drug-likeness (QED) is 0.448. The van der Waals surface area contributed by atoms with Crippen LogP contribution in [0.1, 0.15) is 54.5 Å². The normalized spacial score (nSPS) is 14.2. The molecule has 1 atom stereocenters. The van der Waals surface area contributed by atoms with Crippen LogP contribution < -0.4 is 9.47 Å². The standard InChI is InChI=1S/C24H25N9O3/c1-3-35-21-11-10-16(14-22(21)36-4-2)19-9-6-12-33(30-19)24(34)17-7-5-8-18(13-17)26-27-20(15-25)23-28-31-32-29-23/h5,7-8,10-11,13-14,20H,3-4,6,9,12H2,1-2H3,(H,28,29,31,32). The molecule has 1 N–H and O–H groups in total. The van der Waals surface area contributed by atoms with Gasteiger partial charge < -0.3 is 9.47 Å². The van der Waals surface area contributed by atoms with E-state index in [0.29, 0.717) is 42.5 Å². The second kappa shape index (κ2) is 11.7. The Kier molecular flexibility index (Phi) is 7.92. The van der Waals surface area contributed by atoms with Gasteiger partial charge in [0.2, 0.25) is 11.9 Å². The summed E-state index contributed by atoms with van der Waals surface area (Å²) in [7, 11) is 0. The topological polar surface area (TPSA) is 154 Å². The highest BCUT2D eigenvalue weighted by Gasteiger charge is 2.22. The first-order chi connectivity index (χ1) is 17.6. The number of hydrogen-bond acceptors (Lipinski definition) is 10. The molecule has 0 saturated carbocycles. The molecule has 1 unspecified atom stereocenters. The average Bonchev–Trinajstić information content (AvgIpc) is 3.45. The number of carbonyl (C=O) groups excluding carboxylic acids is 1. The molecule has 1 amide bonds. The maximum atomic E-state index is 13.2. The Hall–Kier alpha value is -4.66. The summed E-state index contributed by atoms with van der Waals surface area (Å²) in [4.78, 5) is 13.2. The lowest BCUT2D eigenvalue weighted by Gasteiger charge is -2.24. The maximum Gasteiger partial charge on any atom is 0.274 e. The largest absolute Gasteiger partial charge is 0.490 e. The van der Waals surface area contributed by atoms with Crippen LogP contribution in [0.4, 0.5) is 5.69 Å². The van der Waals surface area contributed by atoms with Crippen molar-refractivity contribution < 1.29 is 14.3 Å². The summed E-state index contributed by atoms with van der Waals surface area (Å²) >= 11 is 0. The van der Waals surface area contributed by atoms with Crippen molar-refractivity contribution in [2.24, 2.45) is 15.3 Å². The van der Waals surface area contributed by atoms with Gasteiger partial charge in [-0.2, -0.15) is 25.8 Å². The molecule has 0 saturated heterocycles. The minimum Gasteiger partial charge on any atom is -0.490 e. The van der Waals surface area contributed by atoms with Crippen LogP contribution in [0.3, 0.4) is 0 Å². The number of aromatic amines is 1. The van der Waals surface area contributed by atoms with Crippen molar-refractivity contribution in [1.82, 2.24) is 25.6 Å². The van der Waals surface area contributed by atoms with Gasteiger partial charge in [0, 0.05) is 17.7 Å². The molecule has 0 spiro atoms. The van der Waals surface area contributed by atoms with E-state index in [4.69, 9.17) is 9.47 Å². The number of nitrogens with zero attached hydrogens (tertiary/aromatic N) is 8. The molecule has 184 valence electrons. The van der Waals surface area contributed by atoms with E-state index in [0.717, 1.165) is 24.1 Å². The highest BCUT2D eigenvalue weighted by molar-refractivity contribution is 6.03. The monoisotopic (exact) mass is 487 g/mol. The van der Waals surface area contributed by atoms with Crippen LogP contribution >= 0.6 is 0 Å². The molecule has 1 aliphatic rings. The molecule has 12 nitrogen and oxygen atoms in total. The van der Waals surface area contributed by atoms with Gasteiger partial charge in [0.1, 0.15) is 0 Å². The Bertz CT molecular complexity index is 1300. The first kappa shape index (κ1) is 24.5. The predicted octanol–water partition coefficient (Wildman–Crippen LogP) is 3.99. The molecule has 1 aromatic heterocycles. The smallest absolute Gasteiger partial charge is 0.274 e. The Morgan fingerprint density at radius 3 is 2.78 bits per heavy atom. The van der Waals surface area contributed by atoms with Crippen molar-refractivity contribution in [1.29, 1.82) is 5.26 Å². The van der Waals surface area contributed by atoms with E-state index in [1.54, 1.807) is 24.3 Å². The predicted molar refractivity (Wildman–Crippen MR) is 129 cm³/mol. The number of nitriles is 1. The van der Waals surface area contributed by atoms with Crippen LogP contribution in [-0.2, 0) is 0 Å². The zero-order valence-corrected chi connectivity index (χ0v) is 20.0. The molecular formula is C24H25N9O3. The number of nitrogens with one attached hydrogen (secondary N) is 1. The number of benzene rings is 2. The van der Waals surface area contributed by atoms with Crippen LogP contribution in [-0.4, -0.2) is 57.0 Å². The minimum absolute atomic E-state index is 0.116. The molecule has 2 aromatic carbocycles. The molecule has 12 heteroatoms. The summed E-state index contributed by atoms with van der Waals surface area (Å²) in [5.74, 6) is 1.19. The number of amides is 1. The summed E-state index contributed by atoms with van der Waals surface area (Å²) < 4.78 is 11.4. The van der Waals surface area contributed by atoms with Crippen molar-refractivity contribution >= 4 is 17.3 Å². The third-order valence-electron chi connectivity index (χ3n) is 5.25. The van der Waals surface area contributed by atoms with Crippen molar-refractivity contribution in [3.63, 3.8) is 0 Å². The fourth-order valence-electron chi connectivity index (χ4n) is 3.62. The summed E-state index contributed by atoms with van der Waals surface area (Å²) in [5.41, 5.74) is 2.50. The molecule has 36 heavy (non-hydrogen) atoms. The lowest BCUT2D eigenvalue weighted by atomic mass is 10.0. The van der Waals surface area contributed by atoms with Crippen LogP contribution in [0.2, 0.25) is 0 Å². The second-order valence-electron chi connectivity index (χ2n) is 7.67. The van der Waals surface area contributed by atoms with E-state index in [-0.39, 0.29) is 11.7 Å². The first-order valence-corrected chi connectivity index (χ1v) is 11.6. The van der Waals surface area contributed by atoms with E-state index in [1.807, 2.05) is 38.1 Å². The summed E-state index contributed by atoms with van der Waals surface area (Å²) in [6, 6.07) is 13.3. The van der Waals surface area contributed by atoms with Crippen LogP contribution in [0.5, 0.6) is 11.5 Å². The Balaban J connectivity index is 1.53. The average molecular weight is 488 g/mol. The summed E-state index contributed by atoms with van der Waals surface area (Å²) in [6.45, 7) is 5.39. The number of ether oxygens (including phenoxy) is 2. The Morgan fingerprint density at radius 1 is 1.19 bits per heavy atom. The van der Waals surface area contributed by atoms with E-state index < -0.39 is 6.04 Å². The highest BCUT2D eigenvalue weighted by atomic mass is 16.5. The van der Waals surface area contributed by atoms with Gasteiger partial charge in [0.15, 0.2) is 11.5 Å². The Labute approximate surface area is 207 Å². The number of aromatic nitrogens is 4. The molecule has 0 fully saturated rings. The second-order valence-corrected chi connectivity index (χ2v) is 7.67. The lowest BCUT2D eigenvalue weighted by molar-refractivity contribution is 0.0751. The van der Waals surface area contributed by atoms with Crippen molar-refractivity contribution in [3.8, 4) is 17.6 Å². The number of hydrogen-bond donors (Lipinski definition) is 1. The number of carbonyl (C=O) groups is 1. The highest BCUT2D eigenvalue weighted by Crippen LogP contribution is 2.30. The van der Waals surface area contributed by atoms with Crippen LogP contribution in [0.15, 0.2) is 57.8 Å². The number of hydrazone groups is 1. The van der Waals surface area contributed by atoms with E-state index >= 15 is 0 Å². The molecular weight excluding hydrogens is 462 g/mol. The van der Waals surface area contributed by atoms with Crippen molar-refractivity contribution in [2.75, 3.05) is 19.8 Å². The van der Waals surface area contributed by atoms with Gasteiger partial charge in [-0.15, -0.1) is 10.2 Å². The zero-order valence-electron chi connectivity index (χ0n) is 20.0. The number of H-pyrrole nitrogens is 1. The molecule has 0 bridgehead atoms. The van der Waals surface area contributed by atoms with E-state index in [2.05, 4.69) is 36.0 Å².